The molecule has 0 bridgehead atoms. The highest BCUT2D eigenvalue weighted by Crippen LogP contribution is 2.29. The maximum atomic E-state index is 10.8. The first kappa shape index (κ1) is 13.3. The quantitative estimate of drug-likeness (QED) is 0.875. The molecule has 0 aromatic heterocycles. The molecular formula is C14H19NO2S. The molecule has 0 radical (unpaired) electrons. The fourth-order valence-electron chi connectivity index (χ4n) is 2.47. The topological polar surface area (TPSA) is 49.3 Å². The van der Waals surface area contributed by atoms with Crippen LogP contribution in [-0.2, 0) is 0 Å². The molecule has 0 saturated heterocycles. The van der Waals surface area contributed by atoms with Gasteiger partial charge in [-0.1, -0.05) is 12.8 Å². The lowest BCUT2D eigenvalue weighted by Crippen LogP contribution is -2.34. The molecule has 2 atom stereocenters. The highest BCUT2D eigenvalue weighted by Gasteiger charge is 2.23. The third kappa shape index (κ3) is 3.19. The van der Waals surface area contributed by atoms with Crippen LogP contribution < -0.4 is 5.32 Å². The molecule has 4 heteroatoms. The molecule has 0 heterocycles. The summed E-state index contributed by atoms with van der Waals surface area (Å²) in [5, 5.41) is 13.1. The molecule has 1 aromatic rings. The summed E-state index contributed by atoms with van der Waals surface area (Å²) in [4.78, 5) is 10.8. The van der Waals surface area contributed by atoms with Crippen LogP contribution in [0, 0.1) is 0 Å². The average Bonchev–Trinajstić information content (AvgIpc) is 2.40. The van der Waals surface area contributed by atoms with E-state index in [0.29, 0.717) is 16.9 Å². The molecule has 1 saturated carbocycles. The minimum Gasteiger partial charge on any atom is -0.478 e. The molecule has 1 aliphatic carbocycles. The van der Waals surface area contributed by atoms with Crippen LogP contribution in [0.15, 0.2) is 24.3 Å². The van der Waals surface area contributed by atoms with E-state index in [4.69, 9.17) is 5.11 Å². The van der Waals surface area contributed by atoms with E-state index in [1.807, 2.05) is 23.9 Å². The predicted molar refractivity (Wildman–Crippen MR) is 76.6 cm³/mol. The Balaban J connectivity index is 2.01. The average molecular weight is 265 g/mol. The lowest BCUT2D eigenvalue weighted by molar-refractivity contribution is 0.0697. The van der Waals surface area contributed by atoms with Crippen molar-refractivity contribution in [2.24, 2.45) is 0 Å². The van der Waals surface area contributed by atoms with Gasteiger partial charge in [0.15, 0.2) is 0 Å². The van der Waals surface area contributed by atoms with Gasteiger partial charge in [0, 0.05) is 17.0 Å². The summed E-state index contributed by atoms with van der Waals surface area (Å²) >= 11 is 1.92. The van der Waals surface area contributed by atoms with E-state index in [2.05, 4.69) is 11.6 Å². The van der Waals surface area contributed by atoms with E-state index < -0.39 is 5.97 Å². The first-order valence-electron chi connectivity index (χ1n) is 6.33. The van der Waals surface area contributed by atoms with E-state index >= 15 is 0 Å². The lowest BCUT2D eigenvalue weighted by atomic mass is 9.94. The molecule has 2 unspecified atom stereocenters. The summed E-state index contributed by atoms with van der Waals surface area (Å²) < 4.78 is 0. The molecule has 2 rings (SSSR count). The highest BCUT2D eigenvalue weighted by atomic mass is 32.2. The first-order valence-corrected chi connectivity index (χ1v) is 7.62. The Morgan fingerprint density at radius 3 is 2.56 bits per heavy atom. The van der Waals surface area contributed by atoms with Crippen LogP contribution in [0.5, 0.6) is 0 Å². The SMILES string of the molecule is CSC1CCCCC1Nc1ccc(C(=O)O)cc1. The Kier molecular flexibility index (Phi) is 4.53. The zero-order valence-corrected chi connectivity index (χ0v) is 11.4. The fourth-order valence-corrected chi connectivity index (χ4v) is 3.40. The Labute approximate surface area is 112 Å². The largest absolute Gasteiger partial charge is 0.478 e. The van der Waals surface area contributed by atoms with Crippen molar-refractivity contribution in [1.82, 2.24) is 0 Å². The van der Waals surface area contributed by atoms with Crippen molar-refractivity contribution in [2.45, 2.75) is 37.0 Å². The van der Waals surface area contributed by atoms with Gasteiger partial charge in [0.05, 0.1) is 5.56 Å². The van der Waals surface area contributed by atoms with Gasteiger partial charge in [-0.05, 0) is 43.4 Å². The number of carboxylic acids is 1. The number of rotatable bonds is 4. The number of aromatic carboxylic acids is 1. The lowest BCUT2D eigenvalue weighted by Gasteiger charge is -2.31. The summed E-state index contributed by atoms with van der Waals surface area (Å²) in [6, 6.07) is 7.53. The standard InChI is InChI=1S/C14H19NO2S/c1-18-13-5-3-2-4-12(13)15-11-8-6-10(7-9-11)14(16)17/h6-9,12-13,15H,2-5H2,1H3,(H,16,17). The van der Waals surface area contributed by atoms with Crippen LogP contribution >= 0.6 is 11.8 Å². The number of anilines is 1. The molecule has 2 N–H and O–H groups in total. The van der Waals surface area contributed by atoms with E-state index in [9.17, 15) is 4.79 Å². The van der Waals surface area contributed by atoms with Crippen LogP contribution in [-0.4, -0.2) is 28.6 Å². The van der Waals surface area contributed by atoms with Gasteiger partial charge < -0.3 is 10.4 Å². The first-order chi connectivity index (χ1) is 8.70. The van der Waals surface area contributed by atoms with Crippen molar-refractivity contribution in [3.05, 3.63) is 29.8 Å². The van der Waals surface area contributed by atoms with E-state index in [0.717, 1.165) is 5.69 Å². The maximum Gasteiger partial charge on any atom is 0.335 e. The Morgan fingerprint density at radius 2 is 1.94 bits per heavy atom. The van der Waals surface area contributed by atoms with Crippen LogP contribution in [0.1, 0.15) is 36.0 Å². The summed E-state index contributed by atoms with van der Waals surface area (Å²) in [6.07, 6.45) is 7.24. The second-order valence-electron chi connectivity index (χ2n) is 4.69. The fraction of sp³-hybridized carbons (Fsp3) is 0.500. The van der Waals surface area contributed by atoms with Crippen molar-refractivity contribution >= 4 is 23.4 Å². The monoisotopic (exact) mass is 265 g/mol. The van der Waals surface area contributed by atoms with E-state index in [-0.39, 0.29) is 0 Å². The van der Waals surface area contributed by atoms with Gasteiger partial charge >= 0.3 is 5.97 Å². The molecule has 3 nitrogen and oxygen atoms in total. The van der Waals surface area contributed by atoms with Gasteiger partial charge in [0.2, 0.25) is 0 Å². The Hall–Kier alpha value is -1.16. The van der Waals surface area contributed by atoms with Gasteiger partial charge in [-0.15, -0.1) is 0 Å². The van der Waals surface area contributed by atoms with Crippen LogP contribution in [0.4, 0.5) is 5.69 Å². The number of hydrogen-bond donors (Lipinski definition) is 2. The van der Waals surface area contributed by atoms with E-state index in [1.165, 1.54) is 25.7 Å². The number of benzene rings is 1. The van der Waals surface area contributed by atoms with Gasteiger partial charge in [0.25, 0.3) is 0 Å². The second kappa shape index (κ2) is 6.14. The van der Waals surface area contributed by atoms with Crippen molar-refractivity contribution in [1.29, 1.82) is 0 Å². The molecule has 1 aliphatic rings. The molecule has 98 valence electrons. The van der Waals surface area contributed by atoms with Gasteiger partial charge in [-0.3, -0.25) is 0 Å². The number of hydrogen-bond acceptors (Lipinski definition) is 3. The molecule has 18 heavy (non-hydrogen) atoms. The second-order valence-corrected chi connectivity index (χ2v) is 5.77. The molecule has 0 spiro atoms. The normalized spacial score (nSPS) is 23.6. The molecule has 0 aliphatic heterocycles. The van der Waals surface area contributed by atoms with Crippen LogP contribution in [0.25, 0.3) is 0 Å². The number of carboxylic acid groups (broad SMARTS) is 1. The molecule has 1 fully saturated rings. The van der Waals surface area contributed by atoms with Crippen LogP contribution in [0.2, 0.25) is 0 Å². The molecule has 1 aromatic carbocycles. The third-order valence-corrected chi connectivity index (χ3v) is 4.66. The summed E-state index contributed by atoms with van der Waals surface area (Å²) in [7, 11) is 0. The number of nitrogens with one attached hydrogen (secondary N) is 1. The number of carbonyl (C=O) groups is 1. The summed E-state index contributed by atoms with van der Waals surface area (Å²) in [5.74, 6) is -0.874. The summed E-state index contributed by atoms with van der Waals surface area (Å²) in [6.45, 7) is 0. The van der Waals surface area contributed by atoms with Crippen molar-refractivity contribution in [3.8, 4) is 0 Å². The Morgan fingerprint density at radius 1 is 1.28 bits per heavy atom. The third-order valence-electron chi connectivity index (χ3n) is 3.49. The highest BCUT2D eigenvalue weighted by molar-refractivity contribution is 7.99. The predicted octanol–water partition coefficient (Wildman–Crippen LogP) is 3.47. The smallest absolute Gasteiger partial charge is 0.335 e. The van der Waals surface area contributed by atoms with Gasteiger partial charge in [0.1, 0.15) is 0 Å². The zero-order valence-electron chi connectivity index (χ0n) is 10.6. The van der Waals surface area contributed by atoms with Gasteiger partial charge in [-0.25, -0.2) is 4.79 Å². The Bertz CT molecular complexity index is 405. The van der Waals surface area contributed by atoms with Crippen molar-refractivity contribution in [3.63, 3.8) is 0 Å². The van der Waals surface area contributed by atoms with Crippen molar-refractivity contribution < 1.29 is 9.90 Å². The van der Waals surface area contributed by atoms with E-state index in [1.54, 1.807) is 12.1 Å². The summed E-state index contributed by atoms with van der Waals surface area (Å²) in [5.41, 5.74) is 1.36. The minimum absolute atomic E-state index is 0.339. The van der Waals surface area contributed by atoms with Gasteiger partial charge in [-0.2, -0.15) is 11.8 Å². The molecular weight excluding hydrogens is 246 g/mol. The maximum absolute atomic E-state index is 10.8. The van der Waals surface area contributed by atoms with Crippen molar-refractivity contribution in [2.75, 3.05) is 11.6 Å². The number of thioether (sulfide) groups is 1. The zero-order chi connectivity index (χ0) is 13.0. The molecule has 0 amide bonds. The van der Waals surface area contributed by atoms with Crippen LogP contribution in [0.3, 0.4) is 0 Å². The minimum atomic E-state index is -0.874.